The predicted molar refractivity (Wildman–Crippen MR) is 67.0 cm³/mol. The summed E-state index contributed by atoms with van der Waals surface area (Å²) in [7, 11) is 2.06. The van der Waals surface area contributed by atoms with E-state index in [0.717, 1.165) is 37.4 Å². The van der Waals surface area contributed by atoms with Gasteiger partial charge in [-0.2, -0.15) is 0 Å². The summed E-state index contributed by atoms with van der Waals surface area (Å²) in [6.45, 7) is 2.76. The summed E-state index contributed by atoms with van der Waals surface area (Å²) >= 11 is 0. The lowest BCUT2D eigenvalue weighted by Gasteiger charge is -2.29. The molecular weight excluding hydrogens is 216 g/mol. The van der Waals surface area contributed by atoms with Gasteiger partial charge in [0.2, 0.25) is 0 Å². The second kappa shape index (κ2) is 5.98. The lowest BCUT2D eigenvalue weighted by molar-refractivity contribution is 0.0576. The lowest BCUT2D eigenvalue weighted by Crippen LogP contribution is -2.31. The van der Waals surface area contributed by atoms with Crippen molar-refractivity contribution in [1.82, 2.24) is 4.98 Å². The van der Waals surface area contributed by atoms with Crippen LogP contribution in [0.25, 0.3) is 0 Å². The smallest absolute Gasteiger partial charge is 0.0717 e. The summed E-state index contributed by atoms with van der Waals surface area (Å²) < 4.78 is 5.49. The molecule has 0 amide bonds. The average Bonchev–Trinajstić information content (AvgIpc) is 2.40. The van der Waals surface area contributed by atoms with Crippen molar-refractivity contribution >= 4 is 5.69 Å². The predicted octanol–water partition coefficient (Wildman–Crippen LogP) is 1.44. The van der Waals surface area contributed by atoms with Crippen LogP contribution in [0, 0.1) is 5.92 Å². The van der Waals surface area contributed by atoms with Crippen molar-refractivity contribution in [2.24, 2.45) is 5.92 Å². The topological polar surface area (TPSA) is 45.6 Å². The van der Waals surface area contributed by atoms with Crippen molar-refractivity contribution in [2.75, 3.05) is 31.7 Å². The molecule has 0 bridgehead atoms. The number of ether oxygens (including phenoxy) is 1. The molecule has 1 unspecified atom stereocenters. The molecule has 1 aromatic heterocycles. The third kappa shape index (κ3) is 3.17. The Hall–Kier alpha value is -1.13. The van der Waals surface area contributed by atoms with Gasteiger partial charge >= 0.3 is 0 Å². The molecule has 0 radical (unpaired) electrons. The number of aliphatic hydroxyl groups is 1. The van der Waals surface area contributed by atoms with E-state index in [0.29, 0.717) is 5.92 Å². The van der Waals surface area contributed by atoms with Crippen molar-refractivity contribution in [1.29, 1.82) is 0 Å². The van der Waals surface area contributed by atoms with Crippen LogP contribution in [0.2, 0.25) is 0 Å². The Balaban J connectivity index is 2.00. The SMILES string of the molecule is CN(CC1CCCOC1)c1ccncc1CO. The Morgan fingerprint density at radius 1 is 1.59 bits per heavy atom. The molecule has 1 N–H and O–H groups in total. The number of aromatic nitrogens is 1. The van der Waals surface area contributed by atoms with Crippen molar-refractivity contribution in [3.8, 4) is 0 Å². The second-order valence-electron chi connectivity index (χ2n) is 4.63. The van der Waals surface area contributed by atoms with Crippen molar-refractivity contribution < 1.29 is 9.84 Å². The molecule has 0 aromatic carbocycles. The van der Waals surface area contributed by atoms with Crippen LogP contribution in [-0.2, 0) is 11.3 Å². The van der Waals surface area contributed by atoms with E-state index in [4.69, 9.17) is 4.74 Å². The fraction of sp³-hybridized carbons (Fsp3) is 0.615. The van der Waals surface area contributed by atoms with Gasteiger partial charge in [0.05, 0.1) is 13.2 Å². The molecule has 0 spiro atoms. The molecule has 0 saturated carbocycles. The van der Waals surface area contributed by atoms with Gasteiger partial charge in [0, 0.05) is 43.8 Å². The van der Waals surface area contributed by atoms with Crippen LogP contribution in [0.1, 0.15) is 18.4 Å². The van der Waals surface area contributed by atoms with E-state index in [1.807, 2.05) is 6.07 Å². The molecule has 4 heteroatoms. The quantitative estimate of drug-likeness (QED) is 0.859. The molecule has 1 aromatic rings. The first-order chi connectivity index (χ1) is 8.31. The van der Waals surface area contributed by atoms with Crippen molar-refractivity contribution in [3.63, 3.8) is 0 Å². The fourth-order valence-electron chi connectivity index (χ4n) is 2.35. The Bertz CT molecular complexity index is 351. The van der Waals surface area contributed by atoms with Crippen LogP contribution >= 0.6 is 0 Å². The van der Waals surface area contributed by atoms with Crippen LogP contribution < -0.4 is 4.90 Å². The first-order valence-electron chi connectivity index (χ1n) is 6.14. The zero-order valence-electron chi connectivity index (χ0n) is 10.3. The van der Waals surface area contributed by atoms with Gasteiger partial charge in [-0.25, -0.2) is 0 Å². The van der Waals surface area contributed by atoms with Gasteiger partial charge in [-0.3, -0.25) is 4.98 Å². The summed E-state index contributed by atoms with van der Waals surface area (Å²) in [4.78, 5) is 6.22. The maximum absolute atomic E-state index is 9.28. The van der Waals surface area contributed by atoms with Gasteiger partial charge in [0.1, 0.15) is 0 Å². The van der Waals surface area contributed by atoms with E-state index < -0.39 is 0 Å². The largest absolute Gasteiger partial charge is 0.392 e. The molecule has 2 rings (SSSR count). The maximum atomic E-state index is 9.28. The summed E-state index contributed by atoms with van der Waals surface area (Å²) in [6, 6.07) is 1.95. The van der Waals surface area contributed by atoms with Crippen LogP contribution in [-0.4, -0.2) is 36.9 Å². The minimum absolute atomic E-state index is 0.0364. The van der Waals surface area contributed by atoms with Gasteiger partial charge < -0.3 is 14.7 Å². The van der Waals surface area contributed by atoms with Crippen LogP contribution in [0.5, 0.6) is 0 Å². The monoisotopic (exact) mass is 236 g/mol. The van der Waals surface area contributed by atoms with Crippen LogP contribution in [0.4, 0.5) is 5.69 Å². The highest BCUT2D eigenvalue weighted by Gasteiger charge is 2.17. The molecule has 94 valence electrons. The third-order valence-corrected chi connectivity index (χ3v) is 3.25. The van der Waals surface area contributed by atoms with Gasteiger partial charge in [0.25, 0.3) is 0 Å². The van der Waals surface area contributed by atoms with Crippen molar-refractivity contribution in [2.45, 2.75) is 19.4 Å². The normalized spacial score (nSPS) is 20.2. The molecule has 0 aliphatic carbocycles. The summed E-state index contributed by atoms with van der Waals surface area (Å²) in [5.41, 5.74) is 1.94. The molecule has 1 saturated heterocycles. The number of anilines is 1. The van der Waals surface area contributed by atoms with E-state index in [1.165, 1.54) is 6.42 Å². The Labute approximate surface area is 102 Å². The lowest BCUT2D eigenvalue weighted by atomic mass is 10.0. The Morgan fingerprint density at radius 3 is 3.18 bits per heavy atom. The summed E-state index contributed by atoms with van der Waals surface area (Å²) in [5, 5.41) is 9.28. The average molecular weight is 236 g/mol. The number of hydrogen-bond acceptors (Lipinski definition) is 4. The minimum atomic E-state index is 0.0364. The highest BCUT2D eigenvalue weighted by Crippen LogP contribution is 2.21. The highest BCUT2D eigenvalue weighted by atomic mass is 16.5. The fourth-order valence-corrected chi connectivity index (χ4v) is 2.35. The molecule has 1 fully saturated rings. The van der Waals surface area contributed by atoms with E-state index in [1.54, 1.807) is 12.4 Å². The van der Waals surface area contributed by atoms with Gasteiger partial charge in [-0.05, 0) is 24.8 Å². The molecule has 2 heterocycles. The number of aliphatic hydroxyl groups excluding tert-OH is 1. The first-order valence-corrected chi connectivity index (χ1v) is 6.14. The first kappa shape index (κ1) is 12.3. The standard InChI is InChI=1S/C13H20N2O2/c1-15(8-11-3-2-6-17-10-11)13-4-5-14-7-12(13)9-16/h4-5,7,11,16H,2-3,6,8-10H2,1H3. The number of pyridine rings is 1. The Morgan fingerprint density at radius 2 is 2.47 bits per heavy atom. The van der Waals surface area contributed by atoms with Crippen LogP contribution in [0.3, 0.4) is 0 Å². The molecule has 1 aliphatic rings. The summed E-state index contributed by atoms with van der Waals surface area (Å²) in [6.07, 6.45) is 5.87. The molecule has 4 nitrogen and oxygen atoms in total. The molecule has 1 atom stereocenters. The second-order valence-corrected chi connectivity index (χ2v) is 4.63. The number of rotatable bonds is 4. The number of hydrogen-bond donors (Lipinski definition) is 1. The van der Waals surface area contributed by atoms with E-state index in [-0.39, 0.29) is 6.61 Å². The molecule has 17 heavy (non-hydrogen) atoms. The maximum Gasteiger partial charge on any atom is 0.0717 e. The summed E-state index contributed by atoms with van der Waals surface area (Å²) in [5.74, 6) is 0.591. The van der Waals surface area contributed by atoms with Gasteiger partial charge in [0.15, 0.2) is 0 Å². The van der Waals surface area contributed by atoms with E-state index in [2.05, 4.69) is 16.9 Å². The van der Waals surface area contributed by atoms with Crippen molar-refractivity contribution in [3.05, 3.63) is 24.0 Å². The Kier molecular flexibility index (Phi) is 4.34. The zero-order chi connectivity index (χ0) is 12.1. The van der Waals surface area contributed by atoms with Gasteiger partial charge in [-0.1, -0.05) is 0 Å². The third-order valence-electron chi connectivity index (χ3n) is 3.25. The molecular formula is C13H20N2O2. The van der Waals surface area contributed by atoms with E-state index >= 15 is 0 Å². The van der Waals surface area contributed by atoms with Gasteiger partial charge in [-0.15, -0.1) is 0 Å². The van der Waals surface area contributed by atoms with E-state index in [9.17, 15) is 5.11 Å². The highest BCUT2D eigenvalue weighted by molar-refractivity contribution is 5.51. The zero-order valence-corrected chi connectivity index (χ0v) is 10.3. The minimum Gasteiger partial charge on any atom is -0.392 e. The number of nitrogens with zero attached hydrogens (tertiary/aromatic N) is 2. The van der Waals surface area contributed by atoms with Crippen LogP contribution in [0.15, 0.2) is 18.5 Å². The molecule has 1 aliphatic heterocycles.